The van der Waals surface area contributed by atoms with Crippen molar-refractivity contribution in [1.82, 2.24) is 4.72 Å². The molecule has 0 spiro atoms. The summed E-state index contributed by atoms with van der Waals surface area (Å²) in [5, 5.41) is 22.1. The second kappa shape index (κ2) is 10.6. The van der Waals surface area contributed by atoms with E-state index in [9.17, 15) is 23.4 Å². The van der Waals surface area contributed by atoms with Crippen LogP contribution in [0.25, 0.3) is 0 Å². The molecule has 170 valence electrons. The fourth-order valence-electron chi connectivity index (χ4n) is 2.71. The van der Waals surface area contributed by atoms with Gasteiger partial charge >= 0.3 is 0 Å². The van der Waals surface area contributed by atoms with Gasteiger partial charge in [0.25, 0.3) is 5.91 Å². The van der Waals surface area contributed by atoms with Crippen molar-refractivity contribution in [2.24, 2.45) is 5.92 Å². The zero-order valence-corrected chi connectivity index (χ0v) is 18.6. The van der Waals surface area contributed by atoms with E-state index in [-0.39, 0.29) is 17.4 Å². The predicted octanol–water partition coefficient (Wildman–Crippen LogP) is 1.50. The normalized spacial score (nSPS) is 13.5. The maximum absolute atomic E-state index is 12.6. The van der Waals surface area contributed by atoms with Gasteiger partial charge in [-0.3, -0.25) is 4.79 Å². The van der Waals surface area contributed by atoms with Crippen LogP contribution in [0.15, 0.2) is 47.4 Å². The first-order valence-electron chi connectivity index (χ1n) is 9.56. The molecule has 0 aliphatic rings. The number of amides is 1. The monoisotopic (exact) mass is 452 g/mol. The number of hydrogen-bond acceptors (Lipinski definition) is 7. The summed E-state index contributed by atoms with van der Waals surface area (Å²) < 4.78 is 38.0. The molecule has 0 aliphatic carbocycles. The standard InChI is InChI=1S/C21H28N2O7S/c1-13(2)19(24)20(25)21(26)23-15-6-8-16(9-7-15)31(27,28)22-12-14-5-10-17(29-3)18(11-14)30-4/h5-11,13,19-20,22,24-25H,12H2,1-4H3,(H,23,26)/t19-,20+/m1/s1. The molecule has 2 rings (SSSR count). The van der Waals surface area contributed by atoms with E-state index in [0.29, 0.717) is 22.7 Å². The molecule has 10 heteroatoms. The van der Waals surface area contributed by atoms with Gasteiger partial charge in [0.2, 0.25) is 10.0 Å². The van der Waals surface area contributed by atoms with Crippen molar-refractivity contribution >= 4 is 21.6 Å². The third-order valence-corrected chi connectivity index (χ3v) is 6.04. The summed E-state index contributed by atoms with van der Waals surface area (Å²) in [5.74, 6) is -0.0461. The highest BCUT2D eigenvalue weighted by atomic mass is 32.2. The number of carbonyl (C=O) groups is 1. The van der Waals surface area contributed by atoms with Crippen LogP contribution in [0, 0.1) is 5.92 Å². The van der Waals surface area contributed by atoms with E-state index in [1.807, 2.05) is 0 Å². The van der Waals surface area contributed by atoms with Crippen LogP contribution in [0.3, 0.4) is 0 Å². The van der Waals surface area contributed by atoms with E-state index < -0.39 is 28.1 Å². The van der Waals surface area contributed by atoms with E-state index in [0.717, 1.165) is 0 Å². The van der Waals surface area contributed by atoms with Gasteiger partial charge in [-0.25, -0.2) is 13.1 Å². The zero-order valence-electron chi connectivity index (χ0n) is 17.8. The maximum atomic E-state index is 12.6. The van der Waals surface area contributed by atoms with E-state index in [4.69, 9.17) is 9.47 Å². The number of aliphatic hydroxyl groups is 2. The van der Waals surface area contributed by atoms with Gasteiger partial charge in [0.05, 0.1) is 25.2 Å². The van der Waals surface area contributed by atoms with Crippen molar-refractivity contribution in [1.29, 1.82) is 0 Å². The van der Waals surface area contributed by atoms with Gasteiger partial charge in [-0.2, -0.15) is 0 Å². The van der Waals surface area contributed by atoms with Gasteiger partial charge in [-0.15, -0.1) is 0 Å². The van der Waals surface area contributed by atoms with Gasteiger partial charge in [0, 0.05) is 12.2 Å². The minimum absolute atomic E-state index is 0.00809. The Morgan fingerprint density at radius 3 is 2.16 bits per heavy atom. The van der Waals surface area contributed by atoms with Crippen LogP contribution in [0.5, 0.6) is 11.5 Å². The summed E-state index contributed by atoms with van der Waals surface area (Å²) in [4.78, 5) is 12.0. The highest BCUT2D eigenvalue weighted by Gasteiger charge is 2.26. The SMILES string of the molecule is COc1ccc(CNS(=O)(=O)c2ccc(NC(=O)[C@@H](O)[C@H](O)C(C)C)cc2)cc1OC. The van der Waals surface area contributed by atoms with Gasteiger partial charge in [-0.1, -0.05) is 19.9 Å². The topological polar surface area (TPSA) is 134 Å². The molecule has 2 atom stereocenters. The van der Waals surface area contributed by atoms with Crippen LogP contribution >= 0.6 is 0 Å². The summed E-state index contributed by atoms with van der Waals surface area (Å²) in [6, 6.07) is 10.5. The molecule has 2 aromatic rings. The summed E-state index contributed by atoms with van der Waals surface area (Å²) in [7, 11) is -0.796. The lowest BCUT2D eigenvalue weighted by atomic mass is 10.0. The fraction of sp³-hybridized carbons (Fsp3) is 0.381. The van der Waals surface area contributed by atoms with Crippen molar-refractivity contribution in [3.8, 4) is 11.5 Å². The lowest BCUT2D eigenvalue weighted by Crippen LogP contribution is -2.40. The van der Waals surface area contributed by atoms with Crippen molar-refractivity contribution in [2.75, 3.05) is 19.5 Å². The van der Waals surface area contributed by atoms with E-state index in [1.165, 1.54) is 38.5 Å². The first-order chi connectivity index (χ1) is 14.6. The van der Waals surface area contributed by atoms with Crippen LogP contribution in [0.4, 0.5) is 5.69 Å². The van der Waals surface area contributed by atoms with Gasteiger partial charge in [-0.05, 0) is 47.9 Å². The number of sulfonamides is 1. The fourth-order valence-corrected chi connectivity index (χ4v) is 3.72. The number of rotatable bonds is 10. The molecule has 0 radical (unpaired) electrons. The maximum Gasteiger partial charge on any atom is 0.255 e. The zero-order chi connectivity index (χ0) is 23.2. The molecule has 31 heavy (non-hydrogen) atoms. The Kier molecular flexibility index (Phi) is 8.40. The lowest BCUT2D eigenvalue weighted by molar-refractivity contribution is -0.131. The van der Waals surface area contributed by atoms with E-state index >= 15 is 0 Å². The van der Waals surface area contributed by atoms with Crippen LogP contribution < -0.4 is 19.5 Å². The van der Waals surface area contributed by atoms with Crippen molar-refractivity contribution in [3.63, 3.8) is 0 Å². The van der Waals surface area contributed by atoms with Crippen molar-refractivity contribution in [3.05, 3.63) is 48.0 Å². The van der Waals surface area contributed by atoms with Crippen LogP contribution in [-0.2, 0) is 21.4 Å². The minimum atomic E-state index is -3.80. The largest absolute Gasteiger partial charge is 0.493 e. The molecule has 0 aromatic heterocycles. The minimum Gasteiger partial charge on any atom is -0.493 e. The molecule has 9 nitrogen and oxygen atoms in total. The molecule has 0 unspecified atom stereocenters. The molecule has 4 N–H and O–H groups in total. The number of hydrogen-bond donors (Lipinski definition) is 4. The predicted molar refractivity (Wildman–Crippen MR) is 115 cm³/mol. The highest BCUT2D eigenvalue weighted by Crippen LogP contribution is 2.27. The third kappa shape index (κ3) is 6.41. The molecule has 0 bridgehead atoms. The summed E-state index contributed by atoms with van der Waals surface area (Å²) in [6.45, 7) is 3.39. The Balaban J connectivity index is 2.03. The average molecular weight is 453 g/mol. The van der Waals surface area contributed by atoms with E-state index in [1.54, 1.807) is 32.0 Å². The molecule has 1 amide bonds. The van der Waals surface area contributed by atoms with Crippen molar-refractivity contribution in [2.45, 2.75) is 37.5 Å². The first-order valence-corrected chi connectivity index (χ1v) is 11.0. The smallest absolute Gasteiger partial charge is 0.255 e. The molecule has 0 heterocycles. The van der Waals surface area contributed by atoms with Gasteiger partial charge in [0.1, 0.15) is 0 Å². The summed E-state index contributed by atoms with van der Waals surface area (Å²) >= 11 is 0. The molecule has 0 saturated carbocycles. The highest BCUT2D eigenvalue weighted by molar-refractivity contribution is 7.89. The number of benzene rings is 2. The molecular formula is C21H28N2O7S. The first kappa shape index (κ1) is 24.6. The van der Waals surface area contributed by atoms with Crippen molar-refractivity contribution < 1.29 is 32.9 Å². The lowest BCUT2D eigenvalue weighted by Gasteiger charge is -2.20. The number of ether oxygens (including phenoxy) is 2. The summed E-state index contributed by atoms with van der Waals surface area (Å²) in [5.41, 5.74) is 0.974. The number of methoxy groups -OCH3 is 2. The van der Waals surface area contributed by atoms with Crippen LogP contribution in [0.1, 0.15) is 19.4 Å². The molecule has 2 aromatic carbocycles. The third-order valence-electron chi connectivity index (χ3n) is 4.62. The quantitative estimate of drug-likeness (QED) is 0.429. The Hall–Kier alpha value is -2.66. The molecule has 0 saturated heterocycles. The number of anilines is 1. The number of aliphatic hydroxyl groups excluding tert-OH is 2. The number of nitrogens with one attached hydrogen (secondary N) is 2. The molecule has 0 aliphatic heterocycles. The molecule has 0 fully saturated rings. The van der Waals surface area contributed by atoms with Crippen LogP contribution in [0.2, 0.25) is 0 Å². The summed E-state index contributed by atoms with van der Waals surface area (Å²) in [6.07, 6.45) is -2.80. The Bertz CT molecular complexity index is 991. The second-order valence-corrected chi connectivity index (χ2v) is 8.97. The van der Waals surface area contributed by atoms with Crippen LogP contribution in [-0.4, -0.2) is 51.0 Å². The second-order valence-electron chi connectivity index (χ2n) is 7.21. The van der Waals surface area contributed by atoms with E-state index in [2.05, 4.69) is 10.0 Å². The average Bonchev–Trinajstić information content (AvgIpc) is 2.76. The number of carbonyl (C=O) groups excluding carboxylic acids is 1. The van der Waals surface area contributed by atoms with Gasteiger partial charge in [0.15, 0.2) is 17.6 Å². The van der Waals surface area contributed by atoms with Gasteiger partial charge < -0.3 is 25.0 Å². The Labute approximate surface area is 182 Å². The Morgan fingerprint density at radius 1 is 1.00 bits per heavy atom. The Morgan fingerprint density at radius 2 is 1.61 bits per heavy atom. The molecular weight excluding hydrogens is 424 g/mol.